The number of amides is 1. The van der Waals surface area contributed by atoms with Gasteiger partial charge < -0.3 is 20.3 Å². The van der Waals surface area contributed by atoms with Gasteiger partial charge in [-0.3, -0.25) is 9.89 Å². The third kappa shape index (κ3) is 4.07. The number of aromatic amines is 1. The average Bonchev–Trinajstić information content (AvgIpc) is 3.56. The predicted molar refractivity (Wildman–Crippen MR) is 126 cm³/mol. The number of hydrogen-bond donors (Lipinski definition) is 4. The van der Waals surface area contributed by atoms with E-state index in [0.29, 0.717) is 32.0 Å². The molecule has 0 aliphatic heterocycles. The number of fused-ring (bicyclic) bond motifs is 1. The molecule has 0 saturated heterocycles. The smallest absolute Gasteiger partial charge is 0.335 e. The van der Waals surface area contributed by atoms with E-state index >= 15 is 0 Å². The summed E-state index contributed by atoms with van der Waals surface area (Å²) in [6.07, 6.45) is 3.04. The van der Waals surface area contributed by atoms with Gasteiger partial charge in [0.2, 0.25) is 10.9 Å². The summed E-state index contributed by atoms with van der Waals surface area (Å²) in [5, 5.41) is 36.1. The van der Waals surface area contributed by atoms with Crippen molar-refractivity contribution in [1.29, 1.82) is 0 Å². The van der Waals surface area contributed by atoms with Gasteiger partial charge in [0.1, 0.15) is 5.01 Å². The number of benzene rings is 2. The standard InChI is InChI=1S/C21H14ClN7O4S/c1-9-7-24-33-17(9)18(30)25-12-5-10(4-11(6-12)20(31)32)19-28-29-21(34-19)26-15-3-2-14-13(16(15)22)8-23-27-14/h2-8H,1H3,(H,23,27)(H,25,30)(H,26,29)(H,31,32). The quantitative estimate of drug-likeness (QED) is 0.261. The molecule has 0 saturated carbocycles. The Labute approximate surface area is 199 Å². The molecule has 5 aromatic rings. The highest BCUT2D eigenvalue weighted by Crippen LogP contribution is 2.35. The van der Waals surface area contributed by atoms with Crippen LogP contribution < -0.4 is 10.6 Å². The number of rotatable bonds is 6. The molecule has 0 aliphatic rings. The summed E-state index contributed by atoms with van der Waals surface area (Å²) in [6, 6.07) is 8.01. The fraction of sp³-hybridized carbons (Fsp3) is 0.0476. The highest BCUT2D eigenvalue weighted by atomic mass is 35.5. The maximum absolute atomic E-state index is 12.5. The summed E-state index contributed by atoms with van der Waals surface area (Å²) in [6.45, 7) is 1.68. The molecule has 34 heavy (non-hydrogen) atoms. The van der Waals surface area contributed by atoms with E-state index in [4.69, 9.17) is 16.1 Å². The van der Waals surface area contributed by atoms with Crippen molar-refractivity contribution >= 4 is 62.2 Å². The molecule has 170 valence electrons. The van der Waals surface area contributed by atoms with Crippen LogP contribution in [0.3, 0.4) is 0 Å². The van der Waals surface area contributed by atoms with Gasteiger partial charge in [-0.05, 0) is 37.3 Å². The zero-order valence-electron chi connectivity index (χ0n) is 17.3. The minimum absolute atomic E-state index is 0.0275. The Morgan fingerprint density at radius 1 is 1.18 bits per heavy atom. The molecule has 0 fully saturated rings. The SMILES string of the molecule is Cc1cnoc1C(=O)Nc1cc(C(=O)O)cc(-c2nnc(Nc3ccc4[nH]ncc4c3Cl)s2)c1. The number of carboxylic acids is 1. The van der Waals surface area contributed by atoms with Gasteiger partial charge in [-0.25, -0.2) is 4.79 Å². The Balaban J connectivity index is 1.44. The summed E-state index contributed by atoms with van der Waals surface area (Å²) < 4.78 is 4.96. The number of carbonyl (C=O) groups excluding carboxylic acids is 1. The van der Waals surface area contributed by atoms with E-state index in [1.807, 2.05) is 6.07 Å². The lowest BCUT2D eigenvalue weighted by Crippen LogP contribution is -2.13. The maximum atomic E-state index is 12.5. The van der Waals surface area contributed by atoms with Gasteiger partial charge in [-0.15, -0.1) is 10.2 Å². The zero-order valence-corrected chi connectivity index (χ0v) is 18.9. The van der Waals surface area contributed by atoms with Crippen LogP contribution in [0.4, 0.5) is 16.5 Å². The third-order valence-electron chi connectivity index (χ3n) is 4.86. The lowest BCUT2D eigenvalue weighted by Gasteiger charge is -2.07. The number of carbonyl (C=O) groups is 2. The van der Waals surface area contributed by atoms with Crippen LogP contribution in [-0.2, 0) is 0 Å². The van der Waals surface area contributed by atoms with Crippen LogP contribution in [0.1, 0.15) is 26.5 Å². The lowest BCUT2D eigenvalue weighted by atomic mass is 10.1. The topological polar surface area (TPSA) is 159 Å². The van der Waals surface area contributed by atoms with Crippen molar-refractivity contribution in [3.05, 3.63) is 64.6 Å². The van der Waals surface area contributed by atoms with E-state index in [9.17, 15) is 14.7 Å². The van der Waals surface area contributed by atoms with E-state index in [2.05, 4.69) is 36.2 Å². The first-order chi connectivity index (χ1) is 16.4. The molecule has 0 bridgehead atoms. The average molecular weight is 496 g/mol. The Hall–Kier alpha value is -4.29. The third-order valence-corrected chi connectivity index (χ3v) is 6.16. The number of aromatic carboxylic acids is 1. The van der Waals surface area contributed by atoms with E-state index < -0.39 is 11.9 Å². The number of halogens is 1. The van der Waals surface area contributed by atoms with Crippen LogP contribution >= 0.6 is 22.9 Å². The van der Waals surface area contributed by atoms with E-state index in [1.54, 1.807) is 25.3 Å². The highest BCUT2D eigenvalue weighted by Gasteiger charge is 2.18. The summed E-state index contributed by atoms with van der Waals surface area (Å²) in [4.78, 5) is 24.2. The fourth-order valence-corrected chi connectivity index (χ4v) is 4.23. The number of anilines is 3. The fourth-order valence-electron chi connectivity index (χ4n) is 3.23. The van der Waals surface area contributed by atoms with Crippen LogP contribution in [0.25, 0.3) is 21.5 Å². The van der Waals surface area contributed by atoms with E-state index in [1.165, 1.54) is 29.7 Å². The second-order valence-electron chi connectivity index (χ2n) is 7.19. The van der Waals surface area contributed by atoms with Crippen molar-refractivity contribution < 1.29 is 19.2 Å². The number of aromatic nitrogens is 5. The van der Waals surface area contributed by atoms with Crippen molar-refractivity contribution in [1.82, 2.24) is 25.6 Å². The number of nitrogens with zero attached hydrogens (tertiary/aromatic N) is 4. The van der Waals surface area contributed by atoms with Crippen molar-refractivity contribution in [2.45, 2.75) is 6.92 Å². The number of nitrogens with one attached hydrogen (secondary N) is 3. The maximum Gasteiger partial charge on any atom is 0.335 e. The number of aryl methyl sites for hydroxylation is 1. The Kier molecular flexibility index (Phi) is 5.43. The van der Waals surface area contributed by atoms with E-state index in [-0.39, 0.29) is 17.0 Å². The summed E-state index contributed by atoms with van der Waals surface area (Å²) in [5.41, 5.74) is 2.67. The van der Waals surface area contributed by atoms with Crippen LogP contribution in [0.2, 0.25) is 5.02 Å². The normalized spacial score (nSPS) is 11.0. The lowest BCUT2D eigenvalue weighted by molar-refractivity contribution is 0.0696. The molecule has 0 aliphatic carbocycles. The predicted octanol–water partition coefficient (Wildman–Crippen LogP) is 4.73. The number of carboxylic acid groups (broad SMARTS) is 1. The molecule has 3 heterocycles. The summed E-state index contributed by atoms with van der Waals surface area (Å²) >= 11 is 7.65. The van der Waals surface area contributed by atoms with Gasteiger partial charge in [-0.2, -0.15) is 5.10 Å². The van der Waals surface area contributed by atoms with E-state index in [0.717, 1.165) is 10.9 Å². The number of hydrogen-bond acceptors (Lipinski definition) is 9. The molecule has 0 spiro atoms. The number of H-pyrrole nitrogens is 1. The molecule has 4 N–H and O–H groups in total. The largest absolute Gasteiger partial charge is 0.478 e. The molecule has 0 unspecified atom stereocenters. The Morgan fingerprint density at radius 2 is 2.03 bits per heavy atom. The summed E-state index contributed by atoms with van der Waals surface area (Å²) in [7, 11) is 0. The van der Waals surface area contributed by atoms with Gasteiger partial charge in [0.15, 0.2) is 0 Å². The first-order valence-corrected chi connectivity index (χ1v) is 10.9. The van der Waals surface area contributed by atoms with Crippen LogP contribution in [-0.4, -0.2) is 42.5 Å². The van der Waals surface area contributed by atoms with Gasteiger partial charge in [0.05, 0.1) is 34.2 Å². The van der Waals surface area contributed by atoms with Crippen LogP contribution in [0.5, 0.6) is 0 Å². The molecule has 0 radical (unpaired) electrons. The van der Waals surface area contributed by atoms with Crippen molar-refractivity contribution in [2.75, 3.05) is 10.6 Å². The minimum Gasteiger partial charge on any atom is -0.478 e. The molecule has 0 atom stereocenters. The first-order valence-electron chi connectivity index (χ1n) is 9.72. The molecule has 5 rings (SSSR count). The zero-order chi connectivity index (χ0) is 23.8. The highest BCUT2D eigenvalue weighted by molar-refractivity contribution is 7.18. The van der Waals surface area contributed by atoms with Crippen molar-refractivity contribution in [3.8, 4) is 10.6 Å². The van der Waals surface area contributed by atoms with Gasteiger partial charge in [0, 0.05) is 22.2 Å². The van der Waals surface area contributed by atoms with Crippen LogP contribution in [0.15, 0.2) is 47.2 Å². The molecule has 2 aromatic carbocycles. The molecule has 13 heteroatoms. The molecular weight excluding hydrogens is 482 g/mol. The molecule has 11 nitrogen and oxygen atoms in total. The van der Waals surface area contributed by atoms with Gasteiger partial charge >= 0.3 is 5.97 Å². The second-order valence-corrected chi connectivity index (χ2v) is 8.55. The van der Waals surface area contributed by atoms with Crippen molar-refractivity contribution in [3.63, 3.8) is 0 Å². The van der Waals surface area contributed by atoms with Gasteiger partial charge in [-0.1, -0.05) is 28.1 Å². The Morgan fingerprint density at radius 3 is 2.79 bits per heavy atom. The Bertz CT molecular complexity index is 1560. The van der Waals surface area contributed by atoms with Crippen LogP contribution in [0, 0.1) is 6.92 Å². The molecule has 3 aromatic heterocycles. The molecule has 1 amide bonds. The summed E-state index contributed by atoms with van der Waals surface area (Å²) in [5.74, 6) is -1.67. The van der Waals surface area contributed by atoms with Gasteiger partial charge in [0.25, 0.3) is 5.91 Å². The molecular formula is C21H14ClN7O4S. The van der Waals surface area contributed by atoms with Crippen molar-refractivity contribution in [2.24, 2.45) is 0 Å². The second kappa shape index (κ2) is 8.57. The minimum atomic E-state index is -1.16. The monoisotopic (exact) mass is 495 g/mol. The first kappa shape index (κ1) is 21.6.